The molecule has 0 fully saturated rings. The molecule has 2 amide bonds. The monoisotopic (exact) mass is 375 g/mol. The quantitative estimate of drug-likeness (QED) is 0.714. The highest BCUT2D eigenvalue weighted by Gasteiger charge is 2.16. The first kappa shape index (κ1) is 19.1. The molecule has 0 radical (unpaired) electrons. The second kappa shape index (κ2) is 8.81. The molecule has 0 aliphatic carbocycles. The Morgan fingerprint density at radius 3 is 2.43 bits per heavy atom. The Morgan fingerprint density at radius 2 is 1.68 bits per heavy atom. The van der Waals surface area contributed by atoms with Crippen molar-refractivity contribution in [3.05, 3.63) is 89.7 Å². The number of amides is 2. The molecule has 0 saturated heterocycles. The van der Waals surface area contributed by atoms with Crippen molar-refractivity contribution in [2.24, 2.45) is 0 Å². The van der Waals surface area contributed by atoms with E-state index in [1.807, 2.05) is 36.4 Å². The summed E-state index contributed by atoms with van der Waals surface area (Å²) in [6.07, 6.45) is 2.89. The number of anilines is 1. The Hall–Kier alpha value is -3.67. The van der Waals surface area contributed by atoms with Crippen LogP contribution in [0.5, 0.6) is 5.75 Å². The fraction of sp³-hybridized carbons (Fsp3) is 0.136. The topological polar surface area (TPSA) is 71.5 Å². The number of aromatic nitrogens is 1. The third-order valence-electron chi connectivity index (χ3n) is 4.21. The van der Waals surface area contributed by atoms with Crippen LogP contribution in [0.1, 0.15) is 26.3 Å². The molecule has 0 unspecified atom stereocenters. The fourth-order valence-electron chi connectivity index (χ4n) is 2.77. The molecule has 0 bridgehead atoms. The number of hydrogen-bond acceptors (Lipinski definition) is 4. The summed E-state index contributed by atoms with van der Waals surface area (Å²) in [5.74, 6) is -0.0145. The average Bonchev–Trinajstić information content (AvgIpc) is 2.74. The van der Waals surface area contributed by atoms with Crippen molar-refractivity contribution >= 4 is 17.5 Å². The maximum absolute atomic E-state index is 12.7. The predicted octanol–water partition coefficient (Wildman–Crippen LogP) is 3.61. The lowest BCUT2D eigenvalue weighted by molar-refractivity contribution is 0.0784. The summed E-state index contributed by atoms with van der Waals surface area (Å²) >= 11 is 0. The summed E-state index contributed by atoms with van der Waals surface area (Å²) in [5, 5.41) is 2.78. The van der Waals surface area contributed by atoms with Gasteiger partial charge in [-0.3, -0.25) is 14.6 Å². The first-order chi connectivity index (χ1) is 13.6. The van der Waals surface area contributed by atoms with Crippen molar-refractivity contribution in [3.63, 3.8) is 0 Å². The lowest BCUT2D eigenvalue weighted by Gasteiger charge is -2.17. The molecule has 1 aromatic heterocycles. The van der Waals surface area contributed by atoms with E-state index in [1.165, 1.54) is 19.5 Å². The molecule has 0 atom stereocenters. The summed E-state index contributed by atoms with van der Waals surface area (Å²) in [4.78, 5) is 31.0. The van der Waals surface area contributed by atoms with Crippen molar-refractivity contribution in [1.82, 2.24) is 9.88 Å². The second-order valence-corrected chi connectivity index (χ2v) is 6.26. The number of benzene rings is 2. The zero-order chi connectivity index (χ0) is 19.9. The highest BCUT2D eigenvalue weighted by molar-refractivity contribution is 6.06. The third-order valence-corrected chi connectivity index (χ3v) is 4.21. The zero-order valence-electron chi connectivity index (χ0n) is 15.8. The Bertz CT molecular complexity index is 974. The molecular formula is C22H21N3O3. The van der Waals surface area contributed by atoms with Gasteiger partial charge in [-0.1, -0.05) is 42.5 Å². The van der Waals surface area contributed by atoms with Crippen LogP contribution in [0, 0.1) is 0 Å². The van der Waals surface area contributed by atoms with E-state index in [-0.39, 0.29) is 11.8 Å². The van der Waals surface area contributed by atoms with E-state index in [4.69, 9.17) is 4.74 Å². The van der Waals surface area contributed by atoms with Gasteiger partial charge in [0.15, 0.2) is 0 Å². The lowest BCUT2D eigenvalue weighted by Crippen LogP contribution is -2.26. The van der Waals surface area contributed by atoms with Gasteiger partial charge in [0, 0.05) is 26.0 Å². The molecule has 2 aromatic carbocycles. The summed E-state index contributed by atoms with van der Waals surface area (Å²) in [5.41, 5.74) is 2.22. The van der Waals surface area contributed by atoms with Gasteiger partial charge in [-0.2, -0.15) is 0 Å². The zero-order valence-corrected chi connectivity index (χ0v) is 15.8. The van der Waals surface area contributed by atoms with Crippen LogP contribution in [-0.4, -0.2) is 35.9 Å². The number of pyridine rings is 1. The van der Waals surface area contributed by atoms with Crippen LogP contribution in [0.2, 0.25) is 0 Å². The van der Waals surface area contributed by atoms with Crippen LogP contribution in [0.4, 0.5) is 5.69 Å². The molecule has 3 rings (SSSR count). The molecule has 3 aromatic rings. The van der Waals surface area contributed by atoms with Gasteiger partial charge in [-0.05, 0) is 23.8 Å². The summed E-state index contributed by atoms with van der Waals surface area (Å²) in [6, 6.07) is 18.4. The van der Waals surface area contributed by atoms with E-state index in [0.29, 0.717) is 29.1 Å². The maximum Gasteiger partial charge on any atom is 0.257 e. The number of nitrogens with one attached hydrogen (secondary N) is 1. The van der Waals surface area contributed by atoms with E-state index in [1.54, 1.807) is 36.2 Å². The molecule has 0 spiro atoms. The highest BCUT2D eigenvalue weighted by Crippen LogP contribution is 2.23. The number of rotatable bonds is 6. The smallest absolute Gasteiger partial charge is 0.257 e. The highest BCUT2D eigenvalue weighted by atomic mass is 16.5. The average molecular weight is 375 g/mol. The van der Waals surface area contributed by atoms with Gasteiger partial charge < -0.3 is 15.0 Å². The number of carbonyl (C=O) groups excluding carboxylic acids is 2. The van der Waals surface area contributed by atoms with Gasteiger partial charge in [0.2, 0.25) is 0 Å². The van der Waals surface area contributed by atoms with Gasteiger partial charge in [0.25, 0.3) is 11.8 Å². The van der Waals surface area contributed by atoms with E-state index in [9.17, 15) is 9.59 Å². The van der Waals surface area contributed by atoms with Crippen molar-refractivity contribution in [3.8, 4) is 5.75 Å². The van der Waals surface area contributed by atoms with Crippen molar-refractivity contribution in [2.75, 3.05) is 19.5 Å². The number of carbonyl (C=O) groups is 2. The second-order valence-electron chi connectivity index (χ2n) is 6.26. The van der Waals surface area contributed by atoms with Crippen LogP contribution in [0.3, 0.4) is 0 Å². The van der Waals surface area contributed by atoms with E-state index in [2.05, 4.69) is 10.3 Å². The molecule has 6 nitrogen and oxygen atoms in total. The van der Waals surface area contributed by atoms with Gasteiger partial charge in [0.1, 0.15) is 5.75 Å². The van der Waals surface area contributed by atoms with Crippen molar-refractivity contribution in [2.45, 2.75) is 6.54 Å². The number of methoxy groups -OCH3 is 1. The first-order valence-electron chi connectivity index (χ1n) is 8.77. The Balaban J connectivity index is 1.74. The molecular weight excluding hydrogens is 354 g/mol. The largest absolute Gasteiger partial charge is 0.495 e. The predicted molar refractivity (Wildman–Crippen MR) is 107 cm³/mol. The molecule has 6 heteroatoms. The minimum atomic E-state index is -0.364. The molecule has 1 N–H and O–H groups in total. The van der Waals surface area contributed by atoms with Gasteiger partial charge in [0.05, 0.1) is 23.9 Å². The molecule has 142 valence electrons. The Kier molecular flexibility index (Phi) is 6.01. The molecule has 0 aliphatic heterocycles. The molecule has 0 aliphatic rings. The van der Waals surface area contributed by atoms with E-state index >= 15 is 0 Å². The molecule has 1 heterocycles. The van der Waals surface area contributed by atoms with Crippen molar-refractivity contribution in [1.29, 1.82) is 0 Å². The Morgan fingerprint density at radius 1 is 1.00 bits per heavy atom. The van der Waals surface area contributed by atoms with E-state index in [0.717, 1.165) is 5.56 Å². The number of nitrogens with zero attached hydrogens (tertiary/aromatic N) is 2. The number of hydrogen-bond donors (Lipinski definition) is 1. The standard InChI is InChI=1S/C22H21N3O3/c1-25(15-16-8-4-3-5-9-16)22(27)18-12-17(13-23-14-18)21(26)24-19-10-6-7-11-20(19)28-2/h3-14H,15H2,1-2H3,(H,24,26). The third kappa shape index (κ3) is 4.54. The number of ether oxygens (including phenoxy) is 1. The molecule has 0 saturated carbocycles. The Labute approximate surface area is 163 Å². The summed E-state index contributed by atoms with van der Waals surface area (Å²) < 4.78 is 5.24. The first-order valence-corrected chi connectivity index (χ1v) is 8.77. The molecule has 28 heavy (non-hydrogen) atoms. The van der Waals surface area contributed by atoms with Crippen LogP contribution in [0.25, 0.3) is 0 Å². The lowest BCUT2D eigenvalue weighted by atomic mass is 10.1. The van der Waals surface area contributed by atoms with Crippen LogP contribution in [-0.2, 0) is 6.54 Å². The fourth-order valence-corrected chi connectivity index (χ4v) is 2.77. The summed E-state index contributed by atoms with van der Waals surface area (Å²) in [6.45, 7) is 0.470. The van der Waals surface area contributed by atoms with Gasteiger partial charge in [-0.25, -0.2) is 0 Å². The van der Waals surface area contributed by atoms with Crippen molar-refractivity contribution < 1.29 is 14.3 Å². The number of para-hydroxylation sites is 2. The van der Waals surface area contributed by atoms with Crippen LogP contribution < -0.4 is 10.1 Å². The normalized spacial score (nSPS) is 10.2. The van der Waals surface area contributed by atoms with Crippen LogP contribution in [0.15, 0.2) is 73.1 Å². The summed E-state index contributed by atoms with van der Waals surface area (Å²) in [7, 11) is 3.26. The minimum Gasteiger partial charge on any atom is -0.495 e. The van der Waals surface area contributed by atoms with E-state index < -0.39 is 0 Å². The van der Waals surface area contributed by atoms with Gasteiger partial charge >= 0.3 is 0 Å². The van der Waals surface area contributed by atoms with Crippen LogP contribution >= 0.6 is 0 Å². The maximum atomic E-state index is 12.7. The van der Waals surface area contributed by atoms with Gasteiger partial charge in [-0.15, -0.1) is 0 Å². The minimum absolute atomic E-state index is 0.205. The SMILES string of the molecule is COc1ccccc1NC(=O)c1cncc(C(=O)N(C)Cc2ccccc2)c1.